The lowest BCUT2D eigenvalue weighted by Crippen LogP contribution is -2.18. The van der Waals surface area contributed by atoms with Crippen molar-refractivity contribution in [1.82, 2.24) is 0 Å². The normalized spacial score (nSPS) is 18.3. The zero-order valence-corrected chi connectivity index (χ0v) is 9.19. The molecule has 0 unspecified atom stereocenters. The smallest absolute Gasteiger partial charge is 0.0468 e. The monoisotopic (exact) mass is 211 g/mol. The number of thiophene rings is 1. The Balaban J connectivity index is 1.62. The van der Waals surface area contributed by atoms with Gasteiger partial charge in [0.25, 0.3) is 0 Å². The van der Waals surface area contributed by atoms with Crippen LogP contribution in [0.4, 0.5) is 5.69 Å². The molecule has 0 saturated carbocycles. The van der Waals surface area contributed by atoms with E-state index in [2.05, 4.69) is 22.1 Å². The molecule has 1 aliphatic heterocycles. The molecule has 78 valence electrons. The fourth-order valence-corrected chi connectivity index (χ4v) is 2.43. The van der Waals surface area contributed by atoms with E-state index in [1.807, 2.05) is 0 Å². The van der Waals surface area contributed by atoms with Gasteiger partial charge >= 0.3 is 0 Å². The minimum Gasteiger partial charge on any atom is -0.384 e. The van der Waals surface area contributed by atoms with E-state index >= 15 is 0 Å². The van der Waals surface area contributed by atoms with Gasteiger partial charge in [0.1, 0.15) is 0 Å². The van der Waals surface area contributed by atoms with Crippen LogP contribution in [0.5, 0.6) is 0 Å². The third-order valence-corrected chi connectivity index (χ3v) is 3.43. The molecule has 2 rings (SSSR count). The number of rotatable bonds is 4. The molecule has 0 atom stereocenters. The first kappa shape index (κ1) is 9.99. The summed E-state index contributed by atoms with van der Waals surface area (Å²) in [6, 6.07) is 2.13. The minimum atomic E-state index is 0.870. The molecule has 2 heterocycles. The molecule has 1 fully saturated rings. The molecule has 14 heavy (non-hydrogen) atoms. The van der Waals surface area contributed by atoms with Gasteiger partial charge in [-0.05, 0) is 36.6 Å². The Kier molecular flexibility index (Phi) is 3.83. The lowest BCUT2D eigenvalue weighted by molar-refractivity contribution is 0.0649. The molecule has 0 aromatic carbocycles. The van der Waals surface area contributed by atoms with Crippen molar-refractivity contribution in [1.29, 1.82) is 0 Å². The average Bonchev–Trinajstić information content (AvgIpc) is 2.72. The number of nitrogens with one attached hydrogen (secondary N) is 1. The summed E-state index contributed by atoms with van der Waals surface area (Å²) >= 11 is 1.74. The number of ether oxygens (including phenoxy) is 1. The van der Waals surface area contributed by atoms with Gasteiger partial charge in [0.15, 0.2) is 0 Å². The summed E-state index contributed by atoms with van der Waals surface area (Å²) in [5.41, 5.74) is 1.27. The summed E-state index contributed by atoms with van der Waals surface area (Å²) in [6.45, 7) is 3.02. The van der Waals surface area contributed by atoms with Crippen molar-refractivity contribution in [3.05, 3.63) is 16.8 Å². The summed E-state index contributed by atoms with van der Waals surface area (Å²) in [5, 5.41) is 7.71. The van der Waals surface area contributed by atoms with Gasteiger partial charge in [0, 0.05) is 30.8 Å². The first-order chi connectivity index (χ1) is 6.95. The van der Waals surface area contributed by atoms with Crippen LogP contribution in [0.2, 0.25) is 0 Å². The van der Waals surface area contributed by atoms with Crippen LogP contribution in [0.1, 0.15) is 19.3 Å². The Bertz CT molecular complexity index is 242. The van der Waals surface area contributed by atoms with Crippen LogP contribution in [-0.4, -0.2) is 19.8 Å². The van der Waals surface area contributed by atoms with E-state index < -0.39 is 0 Å². The zero-order valence-electron chi connectivity index (χ0n) is 8.37. The van der Waals surface area contributed by atoms with Crippen LogP contribution in [-0.2, 0) is 4.74 Å². The van der Waals surface area contributed by atoms with Crippen molar-refractivity contribution in [2.75, 3.05) is 25.1 Å². The van der Waals surface area contributed by atoms with E-state index in [9.17, 15) is 0 Å². The fourth-order valence-electron chi connectivity index (χ4n) is 1.82. The van der Waals surface area contributed by atoms with Gasteiger partial charge < -0.3 is 10.1 Å². The van der Waals surface area contributed by atoms with Crippen LogP contribution >= 0.6 is 11.3 Å². The molecule has 1 N–H and O–H groups in total. The third-order valence-electron chi connectivity index (χ3n) is 2.74. The Labute approximate surface area is 89.3 Å². The standard InChI is InChI=1S/C11H17NOS/c1(10-2-6-13-7-3-10)5-12-11-4-8-14-9-11/h4,8-10,12H,1-3,5-7H2. The summed E-state index contributed by atoms with van der Waals surface area (Å²) < 4.78 is 5.33. The molecule has 1 aliphatic rings. The first-order valence-corrected chi connectivity index (χ1v) is 6.23. The maximum atomic E-state index is 5.33. The summed E-state index contributed by atoms with van der Waals surface area (Å²) in [7, 11) is 0. The van der Waals surface area contributed by atoms with E-state index in [0.29, 0.717) is 0 Å². The van der Waals surface area contributed by atoms with Crippen LogP contribution in [0.3, 0.4) is 0 Å². The van der Waals surface area contributed by atoms with Gasteiger partial charge in [-0.25, -0.2) is 0 Å². The second-order valence-electron chi connectivity index (χ2n) is 3.78. The fraction of sp³-hybridized carbons (Fsp3) is 0.636. The second kappa shape index (κ2) is 5.37. The van der Waals surface area contributed by atoms with Crippen molar-refractivity contribution in [3.63, 3.8) is 0 Å². The number of anilines is 1. The zero-order chi connectivity index (χ0) is 9.64. The second-order valence-corrected chi connectivity index (χ2v) is 4.56. The van der Waals surface area contributed by atoms with E-state index in [0.717, 1.165) is 25.7 Å². The Morgan fingerprint density at radius 3 is 3.00 bits per heavy atom. The summed E-state index contributed by atoms with van der Waals surface area (Å²) in [4.78, 5) is 0. The highest BCUT2D eigenvalue weighted by molar-refractivity contribution is 7.08. The topological polar surface area (TPSA) is 21.3 Å². The first-order valence-electron chi connectivity index (χ1n) is 5.29. The molecule has 0 amide bonds. The molecule has 0 radical (unpaired) electrons. The van der Waals surface area contributed by atoms with Crippen LogP contribution in [0, 0.1) is 5.92 Å². The molecule has 0 spiro atoms. The van der Waals surface area contributed by atoms with Gasteiger partial charge in [-0.3, -0.25) is 0 Å². The van der Waals surface area contributed by atoms with Crippen molar-refractivity contribution < 1.29 is 4.74 Å². The van der Waals surface area contributed by atoms with Gasteiger partial charge in [0.05, 0.1) is 0 Å². The number of hydrogen-bond acceptors (Lipinski definition) is 3. The molecule has 0 aliphatic carbocycles. The lowest BCUT2D eigenvalue weighted by Gasteiger charge is -2.21. The molecule has 1 aromatic rings. The SMILES string of the molecule is c1cc(NCCC2CCOCC2)cs1. The van der Waals surface area contributed by atoms with E-state index in [1.165, 1.54) is 24.9 Å². The lowest BCUT2D eigenvalue weighted by atomic mass is 9.97. The summed E-state index contributed by atoms with van der Waals surface area (Å²) in [6.07, 6.45) is 3.76. The Morgan fingerprint density at radius 2 is 2.29 bits per heavy atom. The van der Waals surface area contributed by atoms with Crippen molar-refractivity contribution in [2.24, 2.45) is 5.92 Å². The predicted octanol–water partition coefficient (Wildman–Crippen LogP) is 2.98. The molecule has 3 heteroatoms. The molecular weight excluding hydrogens is 194 g/mol. The molecule has 1 aromatic heterocycles. The molecular formula is C11H17NOS. The van der Waals surface area contributed by atoms with Crippen LogP contribution in [0.15, 0.2) is 16.8 Å². The maximum absolute atomic E-state index is 5.33. The average molecular weight is 211 g/mol. The number of hydrogen-bond donors (Lipinski definition) is 1. The molecule has 2 nitrogen and oxygen atoms in total. The summed E-state index contributed by atoms with van der Waals surface area (Å²) in [5.74, 6) is 0.870. The highest BCUT2D eigenvalue weighted by atomic mass is 32.1. The van der Waals surface area contributed by atoms with E-state index in [1.54, 1.807) is 11.3 Å². The van der Waals surface area contributed by atoms with Gasteiger partial charge in [-0.1, -0.05) is 0 Å². The largest absolute Gasteiger partial charge is 0.384 e. The van der Waals surface area contributed by atoms with Gasteiger partial charge in [-0.15, -0.1) is 0 Å². The highest BCUT2D eigenvalue weighted by Gasteiger charge is 2.12. The third kappa shape index (κ3) is 3.00. The molecule has 0 bridgehead atoms. The van der Waals surface area contributed by atoms with Gasteiger partial charge in [-0.2, -0.15) is 11.3 Å². The van der Waals surface area contributed by atoms with Crippen molar-refractivity contribution >= 4 is 17.0 Å². The van der Waals surface area contributed by atoms with E-state index in [-0.39, 0.29) is 0 Å². The van der Waals surface area contributed by atoms with Crippen LogP contribution in [0.25, 0.3) is 0 Å². The van der Waals surface area contributed by atoms with Crippen LogP contribution < -0.4 is 5.32 Å². The van der Waals surface area contributed by atoms with Crippen molar-refractivity contribution in [2.45, 2.75) is 19.3 Å². The Hall–Kier alpha value is -0.540. The predicted molar refractivity (Wildman–Crippen MR) is 61.0 cm³/mol. The quantitative estimate of drug-likeness (QED) is 0.826. The maximum Gasteiger partial charge on any atom is 0.0468 e. The highest BCUT2D eigenvalue weighted by Crippen LogP contribution is 2.19. The van der Waals surface area contributed by atoms with Gasteiger partial charge in [0.2, 0.25) is 0 Å². The van der Waals surface area contributed by atoms with Crippen molar-refractivity contribution in [3.8, 4) is 0 Å². The minimum absolute atomic E-state index is 0.870. The Morgan fingerprint density at radius 1 is 1.43 bits per heavy atom. The van der Waals surface area contributed by atoms with E-state index in [4.69, 9.17) is 4.74 Å². The molecule has 1 saturated heterocycles.